The molecule has 1 aliphatic rings. The molecule has 1 aliphatic heterocycles. The molecule has 0 bridgehead atoms. The van der Waals surface area contributed by atoms with Crippen molar-refractivity contribution in [3.05, 3.63) is 28.7 Å². The molecule has 0 aliphatic carbocycles. The van der Waals surface area contributed by atoms with Gasteiger partial charge in [0, 0.05) is 46.2 Å². The Kier molecular flexibility index (Phi) is 6.48. The van der Waals surface area contributed by atoms with Gasteiger partial charge in [-0.3, -0.25) is 9.36 Å². The van der Waals surface area contributed by atoms with Gasteiger partial charge in [0.25, 0.3) is 0 Å². The average molecular weight is 424 g/mol. The number of hydrogen-bond donors (Lipinski definition) is 0. The first-order valence-electron chi connectivity index (χ1n) is 10.1. The Balaban J connectivity index is 1.64. The van der Waals surface area contributed by atoms with Crippen LogP contribution < -0.4 is 5.76 Å². The maximum absolute atomic E-state index is 13.0. The molecule has 3 rings (SSSR count). The van der Waals surface area contributed by atoms with Gasteiger partial charge in [-0.1, -0.05) is 13.3 Å². The van der Waals surface area contributed by atoms with Crippen LogP contribution in [-0.2, 0) is 21.9 Å². The van der Waals surface area contributed by atoms with Gasteiger partial charge in [0.15, 0.2) is 5.58 Å². The van der Waals surface area contributed by atoms with E-state index in [1.54, 1.807) is 18.0 Å². The Morgan fingerprint density at radius 3 is 2.62 bits per heavy atom. The van der Waals surface area contributed by atoms with E-state index in [0.717, 1.165) is 19.4 Å². The van der Waals surface area contributed by atoms with Crippen LogP contribution in [0.5, 0.6) is 0 Å². The monoisotopic (exact) mass is 423 g/mol. The number of sulfonamides is 1. The lowest BCUT2D eigenvalue weighted by Gasteiger charge is -2.31. The van der Waals surface area contributed by atoms with Gasteiger partial charge in [-0.2, -0.15) is 4.31 Å². The summed E-state index contributed by atoms with van der Waals surface area (Å²) in [5.41, 5.74) is 0.813. The number of unbranched alkanes of at least 4 members (excludes halogenated alkanes) is 1. The number of piperidine rings is 1. The van der Waals surface area contributed by atoms with E-state index in [4.69, 9.17) is 4.42 Å². The zero-order chi connectivity index (χ0) is 21.2. The van der Waals surface area contributed by atoms with Gasteiger partial charge >= 0.3 is 5.76 Å². The van der Waals surface area contributed by atoms with Gasteiger partial charge in [-0.05, 0) is 37.3 Å². The summed E-state index contributed by atoms with van der Waals surface area (Å²) in [6, 6.07) is 4.50. The largest absolute Gasteiger partial charge is 0.419 e. The van der Waals surface area contributed by atoms with Crippen LogP contribution in [0.1, 0.15) is 39.0 Å². The van der Waals surface area contributed by atoms with Crippen LogP contribution in [0.4, 0.5) is 0 Å². The maximum Gasteiger partial charge on any atom is 0.419 e. The zero-order valence-corrected chi connectivity index (χ0v) is 18.1. The molecule has 29 heavy (non-hydrogen) atoms. The van der Waals surface area contributed by atoms with Crippen LogP contribution in [0.15, 0.2) is 32.3 Å². The van der Waals surface area contributed by atoms with Gasteiger partial charge < -0.3 is 9.32 Å². The number of carbonyl (C=O) groups excluding carboxylic acids is 1. The van der Waals surface area contributed by atoms with E-state index in [9.17, 15) is 18.0 Å². The highest BCUT2D eigenvalue weighted by Crippen LogP contribution is 2.27. The highest BCUT2D eigenvalue weighted by Gasteiger charge is 2.31. The summed E-state index contributed by atoms with van der Waals surface area (Å²) < 4.78 is 33.9. The van der Waals surface area contributed by atoms with Gasteiger partial charge in [0.2, 0.25) is 15.9 Å². The Morgan fingerprint density at radius 1 is 1.28 bits per heavy atom. The third kappa shape index (κ3) is 4.56. The number of hydrogen-bond acceptors (Lipinski definition) is 5. The highest BCUT2D eigenvalue weighted by molar-refractivity contribution is 7.89. The zero-order valence-electron chi connectivity index (χ0n) is 17.3. The number of oxazole rings is 1. The molecular weight excluding hydrogens is 394 g/mol. The summed E-state index contributed by atoms with van der Waals surface area (Å²) in [5, 5.41) is 0. The van der Waals surface area contributed by atoms with E-state index in [0.29, 0.717) is 37.9 Å². The lowest BCUT2D eigenvalue weighted by atomic mass is 9.94. The fraction of sp³-hybridized carbons (Fsp3) is 0.600. The second kappa shape index (κ2) is 8.71. The van der Waals surface area contributed by atoms with Crippen molar-refractivity contribution in [3.8, 4) is 0 Å². The smallest absolute Gasteiger partial charge is 0.408 e. The van der Waals surface area contributed by atoms with E-state index in [2.05, 4.69) is 6.92 Å². The van der Waals surface area contributed by atoms with Crippen LogP contribution in [0.25, 0.3) is 11.1 Å². The van der Waals surface area contributed by atoms with Gasteiger partial charge in [-0.25, -0.2) is 13.2 Å². The summed E-state index contributed by atoms with van der Waals surface area (Å²) in [5.74, 6) is -0.194. The van der Waals surface area contributed by atoms with Crippen molar-refractivity contribution in [2.24, 2.45) is 13.0 Å². The normalized spacial score (nSPS) is 16.4. The maximum atomic E-state index is 13.0. The first-order valence-corrected chi connectivity index (χ1v) is 11.5. The van der Waals surface area contributed by atoms with E-state index in [1.807, 2.05) is 7.05 Å². The van der Waals surface area contributed by atoms with E-state index < -0.39 is 15.8 Å². The van der Waals surface area contributed by atoms with Crippen LogP contribution in [-0.4, -0.2) is 54.8 Å². The third-order valence-corrected chi connectivity index (χ3v) is 7.61. The molecule has 8 nitrogen and oxygen atoms in total. The minimum absolute atomic E-state index is 0.119. The lowest BCUT2D eigenvalue weighted by molar-refractivity contribution is -0.131. The Bertz CT molecular complexity index is 1030. The quantitative estimate of drug-likeness (QED) is 0.681. The molecule has 1 aromatic heterocycles. The first-order chi connectivity index (χ1) is 13.7. The second-order valence-corrected chi connectivity index (χ2v) is 9.71. The van der Waals surface area contributed by atoms with Crippen LogP contribution >= 0.6 is 0 Å². The standard InChI is InChI=1S/C20H29N3O5S/c1-4-5-10-21(2)19(24)13-15-8-11-23(12-9-15)29(26,27)16-6-7-17-18(14-16)28-20(25)22(17)3/h6-7,14-15H,4-5,8-13H2,1-3H3. The molecule has 1 aromatic carbocycles. The van der Waals surface area contributed by atoms with Crippen molar-refractivity contribution in [1.82, 2.24) is 13.8 Å². The summed E-state index contributed by atoms with van der Waals surface area (Å²) in [4.78, 5) is 25.9. The molecule has 0 radical (unpaired) electrons. The molecule has 0 unspecified atom stereocenters. The van der Waals surface area contributed by atoms with Crippen molar-refractivity contribution in [2.75, 3.05) is 26.7 Å². The molecule has 0 saturated carbocycles. The van der Waals surface area contributed by atoms with Crippen LogP contribution in [0, 0.1) is 5.92 Å². The Morgan fingerprint density at radius 2 is 1.97 bits per heavy atom. The first kappa shape index (κ1) is 21.6. The van der Waals surface area contributed by atoms with E-state index >= 15 is 0 Å². The van der Waals surface area contributed by atoms with E-state index in [1.165, 1.54) is 21.0 Å². The third-order valence-electron chi connectivity index (χ3n) is 5.71. The average Bonchev–Trinajstić information content (AvgIpc) is 2.99. The minimum atomic E-state index is -3.67. The summed E-state index contributed by atoms with van der Waals surface area (Å²) in [6.45, 7) is 3.63. The summed E-state index contributed by atoms with van der Waals surface area (Å²) in [7, 11) is -0.264. The second-order valence-electron chi connectivity index (χ2n) is 7.78. The number of benzene rings is 1. The highest BCUT2D eigenvalue weighted by atomic mass is 32.2. The molecule has 9 heteroatoms. The predicted molar refractivity (Wildman–Crippen MR) is 110 cm³/mol. The molecule has 0 N–H and O–H groups in total. The number of aryl methyl sites for hydroxylation is 1. The Labute approximate surface area is 171 Å². The number of rotatable bonds is 7. The molecule has 1 fully saturated rings. The molecule has 160 valence electrons. The van der Waals surface area contributed by atoms with Gasteiger partial charge in [0.05, 0.1) is 10.4 Å². The lowest BCUT2D eigenvalue weighted by Crippen LogP contribution is -2.39. The Hall–Kier alpha value is -2.13. The van der Waals surface area contributed by atoms with Crippen LogP contribution in [0.3, 0.4) is 0 Å². The molecule has 1 saturated heterocycles. The van der Waals surface area contributed by atoms with Crippen molar-refractivity contribution < 1.29 is 17.6 Å². The van der Waals surface area contributed by atoms with Crippen molar-refractivity contribution >= 4 is 27.0 Å². The van der Waals surface area contributed by atoms with Gasteiger partial charge in [0.1, 0.15) is 0 Å². The number of amides is 1. The molecule has 2 heterocycles. The van der Waals surface area contributed by atoms with E-state index in [-0.39, 0.29) is 22.3 Å². The molecule has 0 spiro atoms. The fourth-order valence-electron chi connectivity index (χ4n) is 3.70. The predicted octanol–water partition coefficient (Wildman–Crippen LogP) is 2.18. The number of nitrogens with zero attached hydrogens (tertiary/aromatic N) is 3. The molecule has 0 atom stereocenters. The minimum Gasteiger partial charge on any atom is -0.408 e. The fourth-order valence-corrected chi connectivity index (χ4v) is 5.19. The van der Waals surface area contributed by atoms with Gasteiger partial charge in [-0.15, -0.1) is 0 Å². The van der Waals surface area contributed by atoms with Crippen molar-refractivity contribution in [1.29, 1.82) is 0 Å². The number of carbonyl (C=O) groups is 1. The number of aromatic nitrogens is 1. The summed E-state index contributed by atoms with van der Waals surface area (Å²) in [6.07, 6.45) is 3.83. The van der Waals surface area contributed by atoms with Crippen molar-refractivity contribution in [2.45, 2.75) is 43.9 Å². The summed E-state index contributed by atoms with van der Waals surface area (Å²) >= 11 is 0. The van der Waals surface area contributed by atoms with Crippen LogP contribution in [0.2, 0.25) is 0 Å². The molecule has 1 amide bonds. The SMILES string of the molecule is CCCCN(C)C(=O)CC1CCN(S(=O)(=O)c2ccc3c(c2)oc(=O)n3C)CC1. The van der Waals surface area contributed by atoms with Crippen molar-refractivity contribution in [3.63, 3.8) is 0 Å². The topological polar surface area (TPSA) is 92.8 Å². The molecule has 2 aromatic rings. The molecular formula is C20H29N3O5S. The number of fused-ring (bicyclic) bond motifs is 1.